The minimum Gasteiger partial charge on any atom is -0.378 e. The highest BCUT2D eigenvalue weighted by atomic mass is 19.1. The van der Waals surface area contributed by atoms with Crippen LogP contribution in [0, 0.1) is 41.4 Å². The molecule has 5 saturated heterocycles. The van der Waals surface area contributed by atoms with Crippen LogP contribution in [-0.2, 0) is 4.74 Å². The fourth-order valence-corrected chi connectivity index (χ4v) is 5.96. The average molecular weight is 614 g/mol. The van der Waals surface area contributed by atoms with Crippen molar-refractivity contribution >= 4 is 0 Å². The Morgan fingerprint density at radius 2 is 1.19 bits per heavy atom. The molecular weight excluding hydrogens is 537 g/mol. The lowest BCUT2D eigenvalue weighted by Gasteiger charge is -2.38. The highest BCUT2D eigenvalue weighted by Gasteiger charge is 2.27. The van der Waals surface area contributed by atoms with Gasteiger partial charge in [-0.1, -0.05) is 41.5 Å². The molecule has 0 aromatic rings. The topological polar surface area (TPSA) is 34.2 Å². The number of alkyl halides is 1. The van der Waals surface area contributed by atoms with Crippen LogP contribution in [0.2, 0.25) is 0 Å². The van der Waals surface area contributed by atoms with Gasteiger partial charge in [0.1, 0.15) is 6.17 Å². The van der Waals surface area contributed by atoms with Crippen LogP contribution in [0.3, 0.4) is 0 Å². The van der Waals surface area contributed by atoms with E-state index < -0.39 is 6.17 Å². The summed E-state index contributed by atoms with van der Waals surface area (Å²) in [5, 5.41) is 3.24. The van der Waals surface area contributed by atoms with Crippen molar-refractivity contribution in [3.8, 4) is 0 Å². The first-order valence-electron chi connectivity index (χ1n) is 17.8. The van der Waals surface area contributed by atoms with E-state index in [-0.39, 0.29) is 0 Å². The largest absolute Gasteiger partial charge is 0.378 e. The minimum atomic E-state index is -0.544. The highest BCUT2D eigenvalue weighted by molar-refractivity contribution is 4.81. The van der Waals surface area contributed by atoms with Crippen LogP contribution in [0.15, 0.2) is 0 Å². The van der Waals surface area contributed by atoms with Gasteiger partial charge in [-0.05, 0) is 123 Å². The van der Waals surface area contributed by atoms with Crippen molar-refractivity contribution in [1.29, 1.82) is 0 Å². The van der Waals surface area contributed by atoms with Crippen LogP contribution in [0.1, 0.15) is 82.1 Å². The molecule has 0 spiro atoms. The van der Waals surface area contributed by atoms with Crippen molar-refractivity contribution in [2.24, 2.45) is 41.4 Å². The Bertz CT molecular complexity index is 647. The van der Waals surface area contributed by atoms with E-state index in [0.717, 1.165) is 48.0 Å². The second-order valence-corrected chi connectivity index (χ2v) is 16.0. The molecule has 5 heterocycles. The molecule has 258 valence electrons. The predicted molar refractivity (Wildman–Crippen MR) is 186 cm³/mol. The van der Waals surface area contributed by atoms with Crippen molar-refractivity contribution in [2.45, 2.75) is 100 Å². The summed E-state index contributed by atoms with van der Waals surface area (Å²) in [6.45, 7) is 34.6. The zero-order valence-electron chi connectivity index (χ0n) is 31.0. The SMILES string of the molecule is CC(C)C1CN(C)C1.CC(C)C1CNC1.CC(C)CC1CN(C)C1.CC(C)N1CC(F)C1.CC(C)OCC1CCN(C)C1. The smallest absolute Gasteiger partial charge is 0.125 e. The molecule has 1 N–H and O–H groups in total. The number of nitrogens with one attached hydrogen (secondary N) is 1. The van der Waals surface area contributed by atoms with Gasteiger partial charge in [0, 0.05) is 51.9 Å². The molecule has 5 rings (SSSR count). The van der Waals surface area contributed by atoms with Crippen molar-refractivity contribution in [3.63, 3.8) is 0 Å². The van der Waals surface area contributed by atoms with Crippen molar-refractivity contribution in [1.82, 2.24) is 24.9 Å². The molecule has 1 unspecified atom stereocenters. The summed E-state index contributed by atoms with van der Waals surface area (Å²) in [6.07, 6.45) is 2.58. The van der Waals surface area contributed by atoms with E-state index in [1.165, 1.54) is 65.2 Å². The summed E-state index contributed by atoms with van der Waals surface area (Å²) in [6, 6.07) is 0.530. The number of ether oxygens (including phenoxy) is 1. The molecule has 0 bridgehead atoms. The molecule has 0 aromatic heterocycles. The number of rotatable bonds is 8. The van der Waals surface area contributed by atoms with Crippen LogP contribution < -0.4 is 5.32 Å². The maximum atomic E-state index is 12.1. The van der Waals surface area contributed by atoms with E-state index >= 15 is 0 Å². The van der Waals surface area contributed by atoms with Gasteiger partial charge in [-0.2, -0.15) is 0 Å². The average Bonchev–Trinajstić information content (AvgIpc) is 3.22. The molecule has 5 aliphatic rings. The number of likely N-dealkylation sites (tertiary alicyclic amines) is 4. The highest BCUT2D eigenvalue weighted by Crippen LogP contribution is 2.21. The fourth-order valence-electron chi connectivity index (χ4n) is 5.96. The fraction of sp³-hybridized carbons (Fsp3) is 1.00. The zero-order chi connectivity index (χ0) is 32.7. The van der Waals surface area contributed by atoms with Crippen LogP contribution in [-0.4, -0.2) is 131 Å². The summed E-state index contributed by atoms with van der Waals surface area (Å²) in [5.74, 6) is 6.42. The van der Waals surface area contributed by atoms with Crippen LogP contribution in [0.25, 0.3) is 0 Å². The summed E-state index contributed by atoms with van der Waals surface area (Å²) in [4.78, 5) is 9.23. The lowest BCUT2D eigenvalue weighted by molar-refractivity contribution is 0.0398. The molecule has 6 nitrogen and oxygen atoms in total. The summed E-state index contributed by atoms with van der Waals surface area (Å²) >= 11 is 0. The summed E-state index contributed by atoms with van der Waals surface area (Å²) in [5.41, 5.74) is 0. The Kier molecular flexibility index (Phi) is 20.3. The lowest BCUT2D eigenvalue weighted by atomic mass is 9.89. The standard InChI is InChI=1S/C9H19NO.C8H17N.C7H15N.C6H12FN.C6H13N/c1-8(2)11-7-9-4-5-10(3)6-9;1-7(2)4-8-5-9(3)6-8;1-6(2)7-4-8(3)5-7;1-5(2)8-3-6(7)4-8;1-5(2)6-3-7-4-6/h8-9H,4-7H2,1-3H3;7-8H,4-6H2,1-3H3;6-7H,4-5H2,1-3H3;5-6H,3-4H2,1-2H3;5-7H,3-4H2,1-2H3. The Balaban J connectivity index is 0.000000271. The van der Waals surface area contributed by atoms with Gasteiger partial charge in [0.25, 0.3) is 0 Å². The molecule has 5 aliphatic heterocycles. The van der Waals surface area contributed by atoms with Crippen LogP contribution in [0.5, 0.6) is 0 Å². The van der Waals surface area contributed by atoms with Crippen molar-refractivity contribution in [2.75, 3.05) is 93.2 Å². The Morgan fingerprint density at radius 3 is 1.42 bits per heavy atom. The van der Waals surface area contributed by atoms with Gasteiger partial charge in [-0.15, -0.1) is 0 Å². The molecule has 0 aliphatic carbocycles. The Morgan fingerprint density at radius 1 is 0.674 bits per heavy atom. The van der Waals surface area contributed by atoms with E-state index in [0.29, 0.717) is 25.2 Å². The maximum Gasteiger partial charge on any atom is 0.125 e. The Labute approximate surface area is 268 Å². The van der Waals surface area contributed by atoms with Gasteiger partial charge in [-0.3, -0.25) is 4.90 Å². The van der Waals surface area contributed by atoms with Gasteiger partial charge in [0.2, 0.25) is 0 Å². The molecule has 5 fully saturated rings. The third-order valence-corrected chi connectivity index (χ3v) is 9.49. The van der Waals surface area contributed by atoms with Crippen LogP contribution >= 0.6 is 0 Å². The minimum absolute atomic E-state index is 0.390. The van der Waals surface area contributed by atoms with Crippen molar-refractivity contribution < 1.29 is 9.13 Å². The van der Waals surface area contributed by atoms with E-state index in [9.17, 15) is 4.39 Å². The first-order chi connectivity index (χ1) is 20.1. The first-order valence-corrected chi connectivity index (χ1v) is 17.8. The van der Waals surface area contributed by atoms with Gasteiger partial charge in [0.15, 0.2) is 0 Å². The maximum absolute atomic E-state index is 12.1. The Hall–Kier alpha value is -0.310. The van der Waals surface area contributed by atoms with Gasteiger partial charge in [-0.25, -0.2) is 4.39 Å². The molecule has 0 radical (unpaired) electrons. The monoisotopic (exact) mass is 614 g/mol. The third kappa shape index (κ3) is 18.4. The lowest BCUT2D eigenvalue weighted by Crippen LogP contribution is -2.51. The molecule has 7 heteroatoms. The van der Waals surface area contributed by atoms with E-state index in [1.54, 1.807) is 0 Å². The molecule has 0 amide bonds. The number of hydrogen-bond acceptors (Lipinski definition) is 6. The molecule has 0 aromatic carbocycles. The van der Waals surface area contributed by atoms with E-state index in [2.05, 4.69) is 115 Å². The number of halogens is 1. The molecular formula is C36H76FN5O. The second-order valence-electron chi connectivity index (χ2n) is 16.0. The normalized spacial score (nSPS) is 24.2. The first kappa shape index (κ1) is 40.7. The van der Waals surface area contributed by atoms with Gasteiger partial charge < -0.3 is 24.8 Å². The summed E-state index contributed by atoms with van der Waals surface area (Å²) in [7, 11) is 6.55. The van der Waals surface area contributed by atoms with E-state index in [4.69, 9.17) is 4.74 Å². The van der Waals surface area contributed by atoms with Gasteiger partial charge in [0.05, 0.1) is 12.7 Å². The second kappa shape index (κ2) is 21.5. The predicted octanol–water partition coefficient (Wildman–Crippen LogP) is 6.07. The third-order valence-electron chi connectivity index (χ3n) is 9.49. The zero-order valence-corrected chi connectivity index (χ0v) is 31.0. The van der Waals surface area contributed by atoms with E-state index in [1.807, 2.05) is 0 Å². The number of hydrogen-bond donors (Lipinski definition) is 1. The quantitative estimate of drug-likeness (QED) is 0.358. The molecule has 0 saturated carbocycles. The number of nitrogens with zero attached hydrogens (tertiary/aromatic N) is 4. The van der Waals surface area contributed by atoms with Gasteiger partial charge >= 0.3 is 0 Å². The summed E-state index contributed by atoms with van der Waals surface area (Å²) < 4.78 is 17.6. The molecule has 43 heavy (non-hydrogen) atoms. The van der Waals surface area contributed by atoms with Crippen LogP contribution in [0.4, 0.5) is 4.39 Å². The van der Waals surface area contributed by atoms with Crippen molar-refractivity contribution in [3.05, 3.63) is 0 Å². The molecule has 1 atom stereocenters.